The Hall–Kier alpha value is 0. The van der Waals surface area contributed by atoms with Crippen LogP contribution in [-0.4, -0.2) is 0 Å². The molecule has 0 aliphatic rings. The van der Waals surface area contributed by atoms with Gasteiger partial charge in [0.05, 0.1) is 0 Å². The number of rotatable bonds is 10. The third kappa shape index (κ3) is 8.16. The molecule has 0 radical (unpaired) electrons. The van der Waals surface area contributed by atoms with Gasteiger partial charge in [0.2, 0.25) is 0 Å². The van der Waals surface area contributed by atoms with Gasteiger partial charge >= 0.3 is 0 Å². The van der Waals surface area contributed by atoms with Gasteiger partial charge in [-0.25, -0.2) is 0 Å². The van der Waals surface area contributed by atoms with E-state index in [0.717, 1.165) is 29.6 Å². The van der Waals surface area contributed by atoms with Gasteiger partial charge in [0.1, 0.15) is 0 Å². The van der Waals surface area contributed by atoms with Crippen molar-refractivity contribution in [3.05, 3.63) is 0 Å². The van der Waals surface area contributed by atoms with Gasteiger partial charge in [-0.2, -0.15) is 0 Å². The molecule has 0 nitrogen and oxygen atoms in total. The lowest BCUT2D eigenvalue weighted by molar-refractivity contribution is 0.287. The molecule has 110 valence electrons. The van der Waals surface area contributed by atoms with E-state index in [1.54, 1.807) is 0 Å². The van der Waals surface area contributed by atoms with Gasteiger partial charge < -0.3 is 0 Å². The van der Waals surface area contributed by atoms with E-state index in [0.29, 0.717) is 0 Å². The van der Waals surface area contributed by atoms with Gasteiger partial charge in [-0.1, -0.05) is 80.6 Å². The van der Waals surface area contributed by atoms with E-state index in [4.69, 9.17) is 0 Å². The lowest BCUT2D eigenvalue weighted by Gasteiger charge is -2.23. The maximum Gasteiger partial charge on any atom is -0.0391 e. The number of hydrogen-bond acceptors (Lipinski definition) is 0. The molecule has 0 saturated heterocycles. The first-order chi connectivity index (χ1) is 8.38. The summed E-state index contributed by atoms with van der Waals surface area (Å²) in [5, 5.41) is 0. The molecule has 0 amide bonds. The van der Waals surface area contributed by atoms with E-state index in [2.05, 4.69) is 48.5 Å². The summed E-state index contributed by atoms with van der Waals surface area (Å²) in [6, 6.07) is 0. The quantitative estimate of drug-likeness (QED) is 0.415. The summed E-state index contributed by atoms with van der Waals surface area (Å²) in [5.74, 6) is 4.48. The van der Waals surface area contributed by atoms with Crippen LogP contribution in [0.5, 0.6) is 0 Å². The van der Waals surface area contributed by atoms with Gasteiger partial charge in [0, 0.05) is 0 Å². The smallest absolute Gasteiger partial charge is 0.0391 e. The van der Waals surface area contributed by atoms with Crippen LogP contribution >= 0.6 is 0 Å². The molecule has 0 spiro atoms. The summed E-state index contributed by atoms with van der Waals surface area (Å²) in [6.07, 6.45) is 8.51. The van der Waals surface area contributed by atoms with Crippen LogP contribution < -0.4 is 0 Å². The van der Waals surface area contributed by atoms with Crippen LogP contribution in [-0.2, 0) is 0 Å². The van der Waals surface area contributed by atoms with E-state index in [-0.39, 0.29) is 0 Å². The first kappa shape index (κ1) is 18.0. The molecule has 0 aromatic rings. The molecule has 0 aliphatic carbocycles. The minimum Gasteiger partial charge on any atom is -0.0654 e. The molecule has 3 atom stereocenters. The fourth-order valence-corrected chi connectivity index (χ4v) is 2.93. The second-order valence-corrected chi connectivity index (χ2v) is 7.29. The van der Waals surface area contributed by atoms with Crippen molar-refractivity contribution in [2.24, 2.45) is 29.6 Å². The molecule has 0 fully saturated rings. The summed E-state index contributed by atoms with van der Waals surface area (Å²) < 4.78 is 0. The normalized spacial score (nSPS) is 17.2. The zero-order valence-electron chi connectivity index (χ0n) is 14.1. The van der Waals surface area contributed by atoms with E-state index < -0.39 is 0 Å². The minimum absolute atomic E-state index is 0.843. The molecule has 0 bridgehead atoms. The van der Waals surface area contributed by atoms with E-state index >= 15 is 0 Å². The van der Waals surface area contributed by atoms with Crippen molar-refractivity contribution < 1.29 is 0 Å². The maximum absolute atomic E-state index is 2.45. The second kappa shape index (κ2) is 9.87. The van der Waals surface area contributed by atoms with Crippen LogP contribution in [0.2, 0.25) is 0 Å². The predicted octanol–water partition coefficient (Wildman–Crippen LogP) is 6.55. The van der Waals surface area contributed by atoms with Crippen molar-refractivity contribution in [2.75, 3.05) is 0 Å². The van der Waals surface area contributed by atoms with Crippen molar-refractivity contribution in [1.29, 1.82) is 0 Å². The average Bonchev–Trinajstić information content (AvgIpc) is 2.27. The second-order valence-electron chi connectivity index (χ2n) is 7.29. The van der Waals surface area contributed by atoms with E-state index in [1.807, 2.05) is 0 Å². The first-order valence-electron chi connectivity index (χ1n) is 8.38. The molecule has 3 unspecified atom stereocenters. The predicted molar refractivity (Wildman–Crippen MR) is 84.9 cm³/mol. The van der Waals surface area contributed by atoms with Crippen LogP contribution in [0.15, 0.2) is 0 Å². The van der Waals surface area contributed by atoms with Crippen LogP contribution in [0.3, 0.4) is 0 Å². The first-order valence-corrected chi connectivity index (χ1v) is 8.38. The van der Waals surface area contributed by atoms with Gasteiger partial charge in [-0.15, -0.1) is 0 Å². The Bertz CT molecular complexity index is 180. The molecular formula is C18H38. The highest BCUT2D eigenvalue weighted by atomic mass is 14.2. The van der Waals surface area contributed by atoms with Gasteiger partial charge in [0.15, 0.2) is 0 Å². The Balaban J connectivity index is 3.81. The number of hydrogen-bond donors (Lipinski definition) is 0. The van der Waals surface area contributed by atoms with Gasteiger partial charge in [-0.05, 0) is 36.0 Å². The molecule has 0 heterocycles. The van der Waals surface area contributed by atoms with Crippen LogP contribution in [0.4, 0.5) is 0 Å². The molecule has 0 heteroatoms. The molecule has 18 heavy (non-hydrogen) atoms. The van der Waals surface area contributed by atoms with Crippen molar-refractivity contribution in [3.8, 4) is 0 Å². The third-order valence-corrected chi connectivity index (χ3v) is 4.79. The highest BCUT2D eigenvalue weighted by Crippen LogP contribution is 2.27. The van der Waals surface area contributed by atoms with Crippen LogP contribution in [0, 0.1) is 29.6 Å². The maximum atomic E-state index is 2.45. The summed E-state index contributed by atoms with van der Waals surface area (Å²) >= 11 is 0. The molecule has 0 aliphatic heterocycles. The standard InChI is InChI=1S/C18H38/c1-8-10-18(15(4)5)12-9-11-16(6)13-17(7)14(2)3/h14-18H,8-13H2,1-7H3. The topological polar surface area (TPSA) is 0 Å². The zero-order valence-corrected chi connectivity index (χ0v) is 14.1. The molecule has 0 N–H and O–H groups in total. The fourth-order valence-electron chi connectivity index (χ4n) is 2.93. The van der Waals surface area contributed by atoms with Crippen LogP contribution in [0.25, 0.3) is 0 Å². The Kier molecular flexibility index (Phi) is 9.87. The summed E-state index contributed by atoms with van der Waals surface area (Å²) in [7, 11) is 0. The summed E-state index contributed by atoms with van der Waals surface area (Å²) in [4.78, 5) is 0. The highest BCUT2D eigenvalue weighted by molar-refractivity contribution is 4.66. The molecule has 0 aromatic carbocycles. The molecular weight excluding hydrogens is 216 g/mol. The molecule has 0 saturated carbocycles. The van der Waals surface area contributed by atoms with Crippen molar-refractivity contribution >= 4 is 0 Å². The lowest BCUT2D eigenvalue weighted by Crippen LogP contribution is -2.11. The van der Waals surface area contributed by atoms with Crippen molar-refractivity contribution in [3.63, 3.8) is 0 Å². The summed E-state index contributed by atoms with van der Waals surface area (Å²) in [5.41, 5.74) is 0. The molecule has 0 aromatic heterocycles. The Morgan fingerprint density at radius 2 is 1.33 bits per heavy atom. The largest absolute Gasteiger partial charge is 0.0654 e. The fraction of sp³-hybridized carbons (Fsp3) is 1.00. The van der Waals surface area contributed by atoms with Crippen molar-refractivity contribution in [1.82, 2.24) is 0 Å². The van der Waals surface area contributed by atoms with Gasteiger partial charge in [-0.3, -0.25) is 0 Å². The Morgan fingerprint density at radius 3 is 1.78 bits per heavy atom. The van der Waals surface area contributed by atoms with E-state index in [9.17, 15) is 0 Å². The highest BCUT2D eigenvalue weighted by Gasteiger charge is 2.15. The van der Waals surface area contributed by atoms with Crippen LogP contribution in [0.1, 0.15) is 87.0 Å². The lowest BCUT2D eigenvalue weighted by atomic mass is 9.83. The third-order valence-electron chi connectivity index (χ3n) is 4.79. The SMILES string of the molecule is CCCC(CCCC(C)CC(C)C(C)C)C(C)C. The van der Waals surface area contributed by atoms with E-state index in [1.165, 1.54) is 38.5 Å². The Labute approximate surface area is 117 Å². The molecule has 0 rings (SSSR count). The summed E-state index contributed by atoms with van der Waals surface area (Å²) in [6.45, 7) is 16.7. The Morgan fingerprint density at radius 1 is 0.722 bits per heavy atom. The van der Waals surface area contributed by atoms with Crippen molar-refractivity contribution in [2.45, 2.75) is 87.0 Å². The van der Waals surface area contributed by atoms with Gasteiger partial charge in [0.25, 0.3) is 0 Å². The minimum atomic E-state index is 0.843. The average molecular weight is 255 g/mol. The monoisotopic (exact) mass is 254 g/mol. The zero-order chi connectivity index (χ0) is 14.1.